The van der Waals surface area contributed by atoms with Crippen molar-refractivity contribution in [2.24, 2.45) is 5.92 Å². The van der Waals surface area contributed by atoms with Crippen molar-refractivity contribution < 1.29 is 17.9 Å². The van der Waals surface area contributed by atoms with Crippen molar-refractivity contribution in [3.63, 3.8) is 0 Å². The molecule has 0 saturated heterocycles. The highest BCUT2D eigenvalue weighted by atomic mass is 19.4. The van der Waals surface area contributed by atoms with E-state index in [-0.39, 0.29) is 18.8 Å². The van der Waals surface area contributed by atoms with Gasteiger partial charge in [-0.05, 0) is 49.3 Å². The third-order valence-corrected chi connectivity index (χ3v) is 3.78. The van der Waals surface area contributed by atoms with Gasteiger partial charge < -0.3 is 4.74 Å². The molecule has 18 heavy (non-hydrogen) atoms. The highest BCUT2D eigenvalue weighted by Crippen LogP contribution is 2.42. The van der Waals surface area contributed by atoms with E-state index in [1.54, 1.807) is 7.11 Å². The minimum Gasteiger partial charge on any atom is -0.497 e. The minimum absolute atomic E-state index is 0.250. The molecule has 1 saturated carbocycles. The summed E-state index contributed by atoms with van der Waals surface area (Å²) in [7, 11) is 1.60. The van der Waals surface area contributed by atoms with Crippen molar-refractivity contribution in [2.45, 2.75) is 37.8 Å². The Bertz CT molecular complexity index is 375. The summed E-state index contributed by atoms with van der Waals surface area (Å²) in [6, 6.07) is 7.64. The minimum atomic E-state index is -4.02. The first-order valence-electron chi connectivity index (χ1n) is 6.21. The lowest BCUT2D eigenvalue weighted by Crippen LogP contribution is -2.27. The molecule has 0 heterocycles. The van der Waals surface area contributed by atoms with Crippen LogP contribution in [0.2, 0.25) is 0 Å². The zero-order valence-electron chi connectivity index (χ0n) is 10.3. The summed E-state index contributed by atoms with van der Waals surface area (Å²) in [6.45, 7) is 0. The average Bonchev–Trinajstić information content (AvgIpc) is 2.38. The topological polar surface area (TPSA) is 9.23 Å². The number of rotatable bonds is 2. The van der Waals surface area contributed by atoms with Gasteiger partial charge in [0.15, 0.2) is 0 Å². The molecule has 0 bridgehead atoms. The van der Waals surface area contributed by atoms with Gasteiger partial charge >= 0.3 is 6.18 Å². The molecule has 0 radical (unpaired) electrons. The van der Waals surface area contributed by atoms with Gasteiger partial charge in [-0.15, -0.1) is 0 Å². The molecule has 0 aromatic heterocycles. The van der Waals surface area contributed by atoms with E-state index >= 15 is 0 Å². The summed E-state index contributed by atoms with van der Waals surface area (Å²) in [5.74, 6) is -0.0655. The third-order valence-electron chi connectivity index (χ3n) is 3.78. The van der Waals surface area contributed by atoms with Crippen LogP contribution in [0.4, 0.5) is 13.2 Å². The van der Waals surface area contributed by atoms with Crippen molar-refractivity contribution in [1.82, 2.24) is 0 Å². The second kappa shape index (κ2) is 5.21. The van der Waals surface area contributed by atoms with E-state index in [1.807, 2.05) is 24.3 Å². The molecule has 0 atom stereocenters. The van der Waals surface area contributed by atoms with Crippen molar-refractivity contribution in [3.05, 3.63) is 29.8 Å². The van der Waals surface area contributed by atoms with Crippen molar-refractivity contribution in [1.29, 1.82) is 0 Å². The van der Waals surface area contributed by atoms with Crippen LogP contribution in [0.25, 0.3) is 0 Å². The molecular weight excluding hydrogens is 241 g/mol. The largest absolute Gasteiger partial charge is 0.497 e. The standard InChI is InChI=1S/C14H17F3O/c1-18-13-8-4-11(5-9-13)10-2-6-12(7-3-10)14(15,16)17/h4-5,8-10,12H,2-3,6-7H2,1H3. The van der Waals surface area contributed by atoms with Gasteiger partial charge in [0.05, 0.1) is 13.0 Å². The Morgan fingerprint density at radius 1 is 1.00 bits per heavy atom. The molecule has 0 N–H and O–H groups in total. The van der Waals surface area contributed by atoms with Crippen molar-refractivity contribution in [2.75, 3.05) is 7.11 Å². The van der Waals surface area contributed by atoms with Gasteiger partial charge in [-0.2, -0.15) is 13.2 Å². The highest BCUT2D eigenvalue weighted by molar-refractivity contribution is 5.29. The van der Waals surface area contributed by atoms with Crippen LogP contribution in [0.15, 0.2) is 24.3 Å². The molecule has 1 aliphatic carbocycles. The SMILES string of the molecule is COc1ccc(C2CCC(C(F)(F)F)CC2)cc1. The maximum absolute atomic E-state index is 12.6. The Balaban J connectivity index is 1.96. The van der Waals surface area contributed by atoms with Crippen LogP contribution in [0.3, 0.4) is 0 Å². The molecule has 100 valence electrons. The second-order valence-corrected chi connectivity index (χ2v) is 4.86. The normalized spacial score (nSPS) is 24.9. The monoisotopic (exact) mass is 258 g/mol. The fourth-order valence-electron chi connectivity index (χ4n) is 2.63. The molecule has 1 fully saturated rings. The second-order valence-electron chi connectivity index (χ2n) is 4.86. The lowest BCUT2D eigenvalue weighted by Gasteiger charge is -2.30. The van der Waals surface area contributed by atoms with E-state index < -0.39 is 12.1 Å². The quantitative estimate of drug-likeness (QED) is 0.757. The predicted molar refractivity (Wildman–Crippen MR) is 63.7 cm³/mol. The predicted octanol–water partition coefficient (Wildman–Crippen LogP) is 4.53. The van der Waals surface area contributed by atoms with Gasteiger partial charge in [0.1, 0.15) is 5.75 Å². The lowest BCUT2D eigenvalue weighted by atomic mass is 9.78. The smallest absolute Gasteiger partial charge is 0.391 e. The van der Waals surface area contributed by atoms with Gasteiger partial charge in [0, 0.05) is 0 Å². The molecule has 0 unspecified atom stereocenters. The fraction of sp³-hybridized carbons (Fsp3) is 0.571. The Kier molecular flexibility index (Phi) is 3.83. The van der Waals surface area contributed by atoms with Gasteiger partial charge in [0.25, 0.3) is 0 Å². The molecule has 1 nitrogen and oxygen atoms in total. The number of hydrogen-bond acceptors (Lipinski definition) is 1. The van der Waals surface area contributed by atoms with Crippen LogP contribution < -0.4 is 4.74 Å². The Morgan fingerprint density at radius 3 is 2.00 bits per heavy atom. The van der Waals surface area contributed by atoms with Crippen LogP contribution >= 0.6 is 0 Å². The molecule has 1 aromatic rings. The van der Waals surface area contributed by atoms with E-state index in [9.17, 15) is 13.2 Å². The summed E-state index contributed by atoms with van der Waals surface area (Å²) in [6.07, 6.45) is -2.28. The lowest BCUT2D eigenvalue weighted by molar-refractivity contribution is -0.182. The highest BCUT2D eigenvalue weighted by Gasteiger charge is 2.41. The van der Waals surface area contributed by atoms with Crippen LogP contribution in [-0.4, -0.2) is 13.3 Å². The van der Waals surface area contributed by atoms with Gasteiger partial charge in [-0.3, -0.25) is 0 Å². The Morgan fingerprint density at radius 2 is 1.56 bits per heavy atom. The maximum Gasteiger partial charge on any atom is 0.391 e. The Labute approximate surface area is 105 Å². The molecular formula is C14H17F3O. The zero-order valence-corrected chi connectivity index (χ0v) is 10.3. The van der Waals surface area contributed by atoms with Gasteiger partial charge in [-0.1, -0.05) is 12.1 Å². The zero-order chi connectivity index (χ0) is 13.2. The number of alkyl halides is 3. The summed E-state index contributed by atoms with van der Waals surface area (Å²) < 4.78 is 42.7. The van der Waals surface area contributed by atoms with Crippen LogP contribution in [-0.2, 0) is 0 Å². The maximum atomic E-state index is 12.6. The van der Waals surface area contributed by atoms with E-state index in [1.165, 1.54) is 0 Å². The molecule has 4 heteroatoms. The van der Waals surface area contributed by atoms with Gasteiger partial charge in [0.2, 0.25) is 0 Å². The van der Waals surface area contributed by atoms with E-state index in [2.05, 4.69) is 0 Å². The van der Waals surface area contributed by atoms with E-state index in [0.717, 1.165) is 11.3 Å². The number of benzene rings is 1. The summed E-state index contributed by atoms with van der Waals surface area (Å²) >= 11 is 0. The van der Waals surface area contributed by atoms with E-state index in [0.29, 0.717) is 12.8 Å². The molecule has 0 aliphatic heterocycles. The van der Waals surface area contributed by atoms with Crippen LogP contribution in [0, 0.1) is 5.92 Å². The molecule has 1 aromatic carbocycles. The molecule has 0 spiro atoms. The molecule has 0 amide bonds. The number of methoxy groups -OCH3 is 1. The first kappa shape index (κ1) is 13.2. The molecule has 2 rings (SSSR count). The summed E-state index contributed by atoms with van der Waals surface area (Å²) in [5.41, 5.74) is 1.12. The average molecular weight is 258 g/mol. The number of halogens is 3. The van der Waals surface area contributed by atoms with Crippen LogP contribution in [0.5, 0.6) is 5.75 Å². The van der Waals surface area contributed by atoms with Crippen molar-refractivity contribution >= 4 is 0 Å². The van der Waals surface area contributed by atoms with Gasteiger partial charge in [-0.25, -0.2) is 0 Å². The number of hydrogen-bond donors (Lipinski definition) is 0. The first-order chi connectivity index (χ1) is 8.50. The molecule has 1 aliphatic rings. The third kappa shape index (κ3) is 2.98. The number of ether oxygens (including phenoxy) is 1. The van der Waals surface area contributed by atoms with E-state index in [4.69, 9.17) is 4.74 Å². The summed E-state index contributed by atoms with van der Waals surface area (Å²) in [5, 5.41) is 0. The summed E-state index contributed by atoms with van der Waals surface area (Å²) in [4.78, 5) is 0. The van der Waals surface area contributed by atoms with Crippen molar-refractivity contribution in [3.8, 4) is 5.75 Å². The first-order valence-corrected chi connectivity index (χ1v) is 6.21. The van der Waals surface area contributed by atoms with Crippen LogP contribution in [0.1, 0.15) is 37.2 Å². The fourth-order valence-corrected chi connectivity index (χ4v) is 2.63. The Hall–Kier alpha value is -1.19.